The Hall–Kier alpha value is -9.69. The first-order valence-electron chi connectivity index (χ1n) is 22.7. The van der Waals surface area contributed by atoms with Gasteiger partial charge in [0.05, 0.1) is 21.4 Å². The molecule has 0 radical (unpaired) electrons. The molecular weight excluding hydrogens is 981 g/mol. The van der Waals surface area contributed by atoms with E-state index in [9.17, 15) is 76.6 Å². The molecule has 0 aliphatic rings. The van der Waals surface area contributed by atoms with Crippen molar-refractivity contribution in [2.24, 2.45) is 0 Å². The zero-order valence-electron chi connectivity index (χ0n) is 40.0. The molecule has 10 aromatic rings. The number of aromatic hydroxyl groups is 15. The van der Waals surface area contributed by atoms with E-state index >= 15 is 0 Å². The molecule has 8 aromatic carbocycles. The molecule has 2 aromatic heterocycles. The number of nitrogens with zero attached hydrogens (tertiary/aromatic N) is 3. The summed E-state index contributed by atoms with van der Waals surface area (Å²) in [6.45, 7) is 0. The van der Waals surface area contributed by atoms with Gasteiger partial charge >= 0.3 is 0 Å². The van der Waals surface area contributed by atoms with Crippen LogP contribution < -0.4 is 27.3 Å². The molecule has 0 spiro atoms. The fourth-order valence-corrected chi connectivity index (χ4v) is 11.1. The summed E-state index contributed by atoms with van der Waals surface area (Å²) < 4.78 is 0.446. The average Bonchev–Trinajstić information content (AvgIpc) is 3.80. The Labute approximate surface area is 431 Å². The van der Waals surface area contributed by atoms with Crippen LogP contribution in [0.25, 0.3) is 98.8 Å². The van der Waals surface area contributed by atoms with E-state index in [2.05, 4.69) is 9.97 Å². The van der Waals surface area contributed by atoms with Crippen molar-refractivity contribution >= 4 is 98.1 Å². The zero-order chi connectivity index (χ0) is 54.0. The highest BCUT2D eigenvalue weighted by atomic mass is 32.1. The highest BCUT2D eigenvalue weighted by Crippen LogP contribution is 2.60. The molecule has 0 saturated heterocycles. The van der Waals surface area contributed by atoms with E-state index in [0.717, 1.165) is 41.4 Å². The number of benzene rings is 8. The van der Waals surface area contributed by atoms with Gasteiger partial charge in [-0.2, -0.15) is 0 Å². The summed E-state index contributed by atoms with van der Waals surface area (Å²) in [5, 5.41) is 169. The third kappa shape index (κ3) is 7.19. The number of aromatic nitrogens is 3. The summed E-state index contributed by atoms with van der Waals surface area (Å²) in [4.78, 5) is 13.8. The number of fused-ring (bicyclic) bond motifs is 3. The highest BCUT2D eigenvalue weighted by molar-refractivity contribution is 7.27. The van der Waals surface area contributed by atoms with E-state index in [1.54, 1.807) is 26.0 Å². The summed E-state index contributed by atoms with van der Waals surface area (Å²) in [7, 11) is 6.78. The molecule has 0 unspecified atom stereocenters. The molecular formula is C51H38B5N3O15S. The van der Waals surface area contributed by atoms with E-state index in [4.69, 9.17) is 4.98 Å². The van der Waals surface area contributed by atoms with Crippen molar-refractivity contribution in [1.29, 1.82) is 0 Å². The van der Waals surface area contributed by atoms with Crippen molar-refractivity contribution in [1.82, 2.24) is 15.0 Å². The summed E-state index contributed by atoms with van der Waals surface area (Å²) >= 11 is 0.994. The lowest BCUT2D eigenvalue weighted by molar-refractivity contribution is 0.329. The van der Waals surface area contributed by atoms with Crippen molar-refractivity contribution in [2.75, 3.05) is 0 Å². The van der Waals surface area contributed by atoms with Crippen LogP contribution in [0.1, 0.15) is 0 Å². The molecule has 0 fully saturated rings. The van der Waals surface area contributed by atoms with Gasteiger partial charge in [0, 0.05) is 26.6 Å². The lowest BCUT2D eigenvalue weighted by Crippen LogP contribution is -2.20. The minimum atomic E-state index is -1.37. The minimum Gasteiger partial charge on any atom is -0.509 e. The Bertz CT molecular complexity index is 4090. The first-order chi connectivity index (χ1) is 35.6. The summed E-state index contributed by atoms with van der Waals surface area (Å²) in [6.07, 6.45) is 0. The van der Waals surface area contributed by atoms with Crippen LogP contribution in [-0.2, 0) is 0 Å². The largest absolute Gasteiger partial charge is 0.509 e. The highest BCUT2D eigenvalue weighted by Gasteiger charge is 2.35. The topological polar surface area (TPSA) is 342 Å². The van der Waals surface area contributed by atoms with E-state index in [0.29, 0.717) is 5.56 Å². The first kappa shape index (κ1) is 48.9. The van der Waals surface area contributed by atoms with Gasteiger partial charge in [0.25, 0.3) is 0 Å². The smallest absolute Gasteiger partial charge is 0.208 e. The average molecular weight is 1020 g/mol. The third-order valence-electron chi connectivity index (χ3n) is 13.7. The molecule has 0 atom stereocenters. The van der Waals surface area contributed by atoms with Crippen molar-refractivity contribution < 1.29 is 76.6 Å². The Morgan fingerprint density at radius 1 is 0.267 bits per heavy atom. The fourth-order valence-electron chi connectivity index (χ4n) is 9.53. The van der Waals surface area contributed by atoms with Crippen molar-refractivity contribution in [2.45, 2.75) is 0 Å². The van der Waals surface area contributed by atoms with E-state index in [-0.39, 0.29) is 64.5 Å². The predicted molar refractivity (Wildman–Crippen MR) is 297 cm³/mol. The van der Waals surface area contributed by atoms with E-state index in [1.807, 2.05) is 60.7 Å². The van der Waals surface area contributed by atoms with Gasteiger partial charge in [-0.15, -0.1) is 11.3 Å². The molecule has 368 valence electrons. The van der Waals surface area contributed by atoms with E-state index < -0.39 is 120 Å². The summed E-state index contributed by atoms with van der Waals surface area (Å²) in [5.74, 6) is -16.1. The maximum Gasteiger partial charge on any atom is 0.208 e. The van der Waals surface area contributed by atoms with Crippen LogP contribution in [0.3, 0.4) is 0 Å². The van der Waals surface area contributed by atoms with Crippen molar-refractivity contribution in [3.05, 3.63) is 78.9 Å². The Morgan fingerprint density at radius 3 is 1.28 bits per heavy atom. The number of hydrogen-bond donors (Lipinski definition) is 15. The maximum absolute atomic E-state index is 12.1. The molecule has 0 bridgehead atoms. The van der Waals surface area contributed by atoms with Crippen LogP contribution >= 0.6 is 11.3 Å². The summed E-state index contributed by atoms with van der Waals surface area (Å²) in [5.41, 5.74) is 0.489. The van der Waals surface area contributed by atoms with Gasteiger partial charge < -0.3 is 76.6 Å². The quantitative estimate of drug-likeness (QED) is 0.0596. The van der Waals surface area contributed by atoms with Crippen LogP contribution in [0.5, 0.6) is 86.2 Å². The minimum absolute atomic E-state index is 0.00292. The molecule has 0 amide bonds. The maximum atomic E-state index is 12.1. The standard InChI is InChI=1S/C51H38B5N3O15S/c52-27-20-23-39(67)43(71)36(64)19(18-8-4-7-17(13-18)16-11-9-15(10-12-16)14-5-2-1-3-6-14)47(23)75-48(20)25(29(54)40(27)68)50-57-49(24-28(53)41(69)42(70)31(56)34(24)62)58-51(59-50)26-32(60)21(33(61)30(55)35(26)63)22-37(65)44(72)46(74)45(73)38(22)66/h1-13,60-74H,52-56H2. The molecule has 10 rings (SSSR count). The Balaban J connectivity index is 1.28. The first-order valence-corrected chi connectivity index (χ1v) is 23.5. The molecule has 0 saturated carbocycles. The molecule has 15 N–H and O–H groups in total. The molecule has 0 aliphatic heterocycles. The van der Waals surface area contributed by atoms with Gasteiger partial charge in [-0.1, -0.05) is 72.8 Å². The van der Waals surface area contributed by atoms with Gasteiger partial charge in [0.15, 0.2) is 52.0 Å². The van der Waals surface area contributed by atoms with Gasteiger partial charge in [0.1, 0.15) is 73.5 Å². The predicted octanol–water partition coefficient (Wildman–Crippen LogP) is 0.785. The Kier molecular flexibility index (Phi) is 11.4. The molecule has 2 heterocycles. The lowest BCUT2D eigenvalue weighted by Gasteiger charge is -2.20. The molecule has 24 heteroatoms. The van der Waals surface area contributed by atoms with Crippen LogP contribution in [0.15, 0.2) is 78.9 Å². The monoisotopic (exact) mass is 1020 g/mol. The normalized spacial score (nSPS) is 11.5. The SMILES string of the molecule is Bc1c(O)c(O)c(B)c(-c2nc(-c3c(O)c(B)c(O)c(-c4c(O)c(O)c(O)c(O)c4O)c3O)nc(-c3c(B)c(O)c(B)c4c3sc3c(-c5cccc(-c6ccc(-c7ccccc7)cc6)c5)c(O)c(O)c(O)c34)n2)c1O. The fraction of sp³-hybridized carbons (Fsp3) is 0. The molecule has 18 nitrogen and oxygen atoms in total. The van der Waals surface area contributed by atoms with E-state index in [1.165, 1.54) is 23.5 Å². The molecule has 75 heavy (non-hydrogen) atoms. The number of hydrogen-bond acceptors (Lipinski definition) is 19. The van der Waals surface area contributed by atoms with Crippen LogP contribution in [0.2, 0.25) is 0 Å². The van der Waals surface area contributed by atoms with Crippen molar-refractivity contribution in [3.63, 3.8) is 0 Å². The van der Waals surface area contributed by atoms with Crippen molar-refractivity contribution in [3.8, 4) is 165 Å². The number of thiophene rings is 1. The Morgan fingerprint density at radius 2 is 0.667 bits per heavy atom. The second-order valence-electron chi connectivity index (χ2n) is 17.9. The van der Waals surface area contributed by atoms with Gasteiger partial charge in [-0.05, 0) is 61.2 Å². The number of phenolic OH excluding ortho intramolecular Hbond substituents is 15. The van der Waals surface area contributed by atoms with Gasteiger partial charge in [-0.3, -0.25) is 0 Å². The second-order valence-corrected chi connectivity index (χ2v) is 19.0. The van der Waals surface area contributed by atoms with Crippen LogP contribution in [0.4, 0.5) is 0 Å². The van der Waals surface area contributed by atoms with Crippen LogP contribution in [-0.4, -0.2) is 131 Å². The van der Waals surface area contributed by atoms with Gasteiger partial charge in [0.2, 0.25) is 23.0 Å². The lowest BCUT2D eigenvalue weighted by atomic mass is 9.79. The zero-order valence-corrected chi connectivity index (χ0v) is 40.8. The second kappa shape index (κ2) is 17.5. The molecule has 0 aliphatic carbocycles. The number of phenols is 15. The van der Waals surface area contributed by atoms with Crippen LogP contribution in [0, 0.1) is 0 Å². The number of rotatable bonds is 7. The van der Waals surface area contributed by atoms with Gasteiger partial charge in [-0.25, -0.2) is 15.0 Å². The third-order valence-corrected chi connectivity index (χ3v) is 14.9. The summed E-state index contributed by atoms with van der Waals surface area (Å²) in [6, 6.07) is 24.8.